The summed E-state index contributed by atoms with van der Waals surface area (Å²) in [5.74, 6) is -2.55. The molecule has 0 aliphatic rings. The number of carboxylic acid groups (broad SMARTS) is 1. The number of aliphatic carboxylic acids is 1. The summed E-state index contributed by atoms with van der Waals surface area (Å²) >= 11 is 0. The molecule has 0 aromatic carbocycles. The van der Waals surface area contributed by atoms with E-state index in [1.54, 1.807) is 0 Å². The molecule has 2 unspecified atom stereocenters. The van der Waals surface area contributed by atoms with Gasteiger partial charge in [0.15, 0.2) is 0 Å². The number of alkyl halides is 2. The quantitative estimate of drug-likeness (QED) is 0.632. The highest BCUT2D eigenvalue weighted by Crippen LogP contribution is 2.07. The first-order chi connectivity index (χ1) is 4.09. The molecule has 0 fully saturated rings. The average molecular weight is 138 g/mol. The third-order valence-corrected chi connectivity index (χ3v) is 1.08. The summed E-state index contributed by atoms with van der Waals surface area (Å²) in [5, 5.41) is 8.08. The van der Waals surface area contributed by atoms with Gasteiger partial charge < -0.3 is 5.11 Å². The van der Waals surface area contributed by atoms with Crippen LogP contribution in [0.25, 0.3) is 0 Å². The topological polar surface area (TPSA) is 37.3 Å². The third kappa shape index (κ3) is 2.39. The Morgan fingerprint density at radius 3 is 2.33 bits per heavy atom. The summed E-state index contributed by atoms with van der Waals surface area (Å²) < 4.78 is 23.4. The fourth-order valence-corrected chi connectivity index (χ4v) is 0.288. The van der Waals surface area contributed by atoms with Crippen LogP contribution in [0.2, 0.25) is 0 Å². The normalized spacial score (nSPS) is 16.8. The molecule has 0 aromatic heterocycles. The van der Waals surface area contributed by atoms with Crippen LogP contribution in [0.15, 0.2) is 0 Å². The van der Waals surface area contributed by atoms with Gasteiger partial charge in [-0.1, -0.05) is 0 Å². The van der Waals surface area contributed by atoms with Crippen molar-refractivity contribution in [3.05, 3.63) is 0 Å². The predicted molar refractivity (Wildman–Crippen MR) is 27.7 cm³/mol. The van der Waals surface area contributed by atoms with Crippen LogP contribution < -0.4 is 0 Å². The van der Waals surface area contributed by atoms with Crippen molar-refractivity contribution in [2.45, 2.75) is 13.1 Å². The Labute approximate surface area is 51.5 Å². The standard InChI is InChI=1S/C5H8F2O2/c1-3(5(8)9)4(7)2-6/h3-4H,2H2,1H3,(H,8,9). The molecule has 0 heterocycles. The number of hydrogen-bond acceptors (Lipinski definition) is 1. The van der Waals surface area contributed by atoms with Crippen LogP contribution in [0.5, 0.6) is 0 Å². The Balaban J connectivity index is 3.72. The monoisotopic (exact) mass is 138 g/mol. The van der Waals surface area contributed by atoms with Crippen molar-refractivity contribution in [1.29, 1.82) is 0 Å². The van der Waals surface area contributed by atoms with Gasteiger partial charge in [-0.3, -0.25) is 4.79 Å². The molecule has 0 bridgehead atoms. The highest BCUT2D eigenvalue weighted by molar-refractivity contribution is 5.70. The van der Waals surface area contributed by atoms with Gasteiger partial charge in [-0.25, -0.2) is 8.78 Å². The van der Waals surface area contributed by atoms with Crippen molar-refractivity contribution in [2.75, 3.05) is 6.67 Å². The fourth-order valence-electron chi connectivity index (χ4n) is 0.288. The van der Waals surface area contributed by atoms with Crippen LogP contribution in [-0.4, -0.2) is 23.9 Å². The fraction of sp³-hybridized carbons (Fsp3) is 0.800. The Hall–Kier alpha value is -0.670. The molecule has 0 aliphatic carbocycles. The molecule has 54 valence electrons. The molecular weight excluding hydrogens is 130 g/mol. The van der Waals surface area contributed by atoms with Gasteiger partial charge in [-0.2, -0.15) is 0 Å². The van der Waals surface area contributed by atoms with Gasteiger partial charge in [0, 0.05) is 0 Å². The molecule has 1 N–H and O–H groups in total. The van der Waals surface area contributed by atoms with Crippen molar-refractivity contribution >= 4 is 5.97 Å². The average Bonchev–Trinajstić information content (AvgIpc) is 1.84. The van der Waals surface area contributed by atoms with Crippen molar-refractivity contribution in [3.63, 3.8) is 0 Å². The molecule has 0 rings (SSSR count). The Bertz CT molecular complexity index is 105. The maximum absolute atomic E-state index is 12.0. The first kappa shape index (κ1) is 8.33. The van der Waals surface area contributed by atoms with Gasteiger partial charge in [0.1, 0.15) is 12.8 Å². The van der Waals surface area contributed by atoms with E-state index in [0.29, 0.717) is 0 Å². The molecule has 0 aliphatic heterocycles. The van der Waals surface area contributed by atoms with E-state index in [-0.39, 0.29) is 0 Å². The van der Waals surface area contributed by atoms with Crippen LogP contribution in [0, 0.1) is 5.92 Å². The molecule has 4 heteroatoms. The van der Waals surface area contributed by atoms with Gasteiger partial charge in [-0.05, 0) is 6.92 Å². The molecule has 0 aromatic rings. The minimum Gasteiger partial charge on any atom is -0.481 e. The molecule has 0 saturated carbocycles. The second kappa shape index (κ2) is 3.37. The predicted octanol–water partition coefficient (Wildman–Crippen LogP) is 1.01. The Morgan fingerprint density at radius 2 is 2.22 bits per heavy atom. The van der Waals surface area contributed by atoms with E-state index in [4.69, 9.17) is 5.11 Å². The highest BCUT2D eigenvalue weighted by Gasteiger charge is 2.22. The van der Waals surface area contributed by atoms with Gasteiger partial charge in [-0.15, -0.1) is 0 Å². The summed E-state index contributed by atoms with van der Waals surface area (Å²) in [6.07, 6.45) is -1.87. The zero-order chi connectivity index (χ0) is 7.44. The molecule has 2 nitrogen and oxygen atoms in total. The van der Waals surface area contributed by atoms with E-state index < -0.39 is 24.7 Å². The number of hydrogen-bond donors (Lipinski definition) is 1. The maximum Gasteiger partial charge on any atom is 0.309 e. The first-order valence-electron chi connectivity index (χ1n) is 2.52. The van der Waals surface area contributed by atoms with E-state index in [1.165, 1.54) is 0 Å². The minimum atomic E-state index is -1.87. The van der Waals surface area contributed by atoms with E-state index >= 15 is 0 Å². The smallest absolute Gasteiger partial charge is 0.309 e. The second-order valence-corrected chi connectivity index (χ2v) is 1.80. The lowest BCUT2D eigenvalue weighted by atomic mass is 10.1. The minimum absolute atomic E-state index is 1.13. The number of carbonyl (C=O) groups is 1. The van der Waals surface area contributed by atoms with Crippen molar-refractivity contribution in [2.24, 2.45) is 5.92 Å². The third-order valence-electron chi connectivity index (χ3n) is 1.08. The van der Waals surface area contributed by atoms with Gasteiger partial charge in [0.05, 0.1) is 5.92 Å². The van der Waals surface area contributed by atoms with E-state index in [0.717, 1.165) is 6.92 Å². The Kier molecular flexibility index (Phi) is 3.12. The largest absolute Gasteiger partial charge is 0.481 e. The number of rotatable bonds is 3. The molecule has 9 heavy (non-hydrogen) atoms. The van der Waals surface area contributed by atoms with Crippen LogP contribution in [0.4, 0.5) is 8.78 Å². The van der Waals surface area contributed by atoms with Crippen molar-refractivity contribution in [3.8, 4) is 0 Å². The van der Waals surface area contributed by atoms with Crippen LogP contribution in [-0.2, 0) is 4.79 Å². The highest BCUT2D eigenvalue weighted by atomic mass is 19.2. The summed E-state index contributed by atoms with van der Waals surface area (Å²) in [7, 11) is 0. The van der Waals surface area contributed by atoms with Gasteiger partial charge in [0.2, 0.25) is 0 Å². The molecule has 0 radical (unpaired) electrons. The Morgan fingerprint density at radius 1 is 1.78 bits per heavy atom. The maximum atomic E-state index is 12.0. The molecule has 0 amide bonds. The molecular formula is C5H8F2O2. The zero-order valence-electron chi connectivity index (χ0n) is 4.97. The van der Waals surface area contributed by atoms with Crippen molar-refractivity contribution < 1.29 is 18.7 Å². The zero-order valence-corrected chi connectivity index (χ0v) is 4.97. The molecule has 2 atom stereocenters. The first-order valence-corrected chi connectivity index (χ1v) is 2.52. The molecule has 0 saturated heterocycles. The number of carboxylic acids is 1. The van der Waals surface area contributed by atoms with E-state index in [1.807, 2.05) is 0 Å². The van der Waals surface area contributed by atoms with E-state index in [2.05, 4.69) is 0 Å². The molecule has 0 spiro atoms. The SMILES string of the molecule is CC(C(=O)O)C(F)CF. The van der Waals surface area contributed by atoms with Crippen LogP contribution in [0.1, 0.15) is 6.92 Å². The second-order valence-electron chi connectivity index (χ2n) is 1.80. The summed E-state index contributed by atoms with van der Waals surface area (Å²) in [4.78, 5) is 9.89. The lowest BCUT2D eigenvalue weighted by Gasteiger charge is -2.06. The van der Waals surface area contributed by atoms with Crippen LogP contribution >= 0.6 is 0 Å². The van der Waals surface area contributed by atoms with Crippen LogP contribution in [0.3, 0.4) is 0 Å². The summed E-state index contributed by atoms with van der Waals surface area (Å²) in [5.41, 5.74) is 0. The van der Waals surface area contributed by atoms with E-state index in [9.17, 15) is 13.6 Å². The number of halogens is 2. The summed E-state index contributed by atoms with van der Waals surface area (Å²) in [6.45, 7) is -0.0972. The van der Waals surface area contributed by atoms with Gasteiger partial charge >= 0.3 is 5.97 Å². The lowest BCUT2D eigenvalue weighted by Crippen LogP contribution is -2.23. The van der Waals surface area contributed by atoms with Gasteiger partial charge in [0.25, 0.3) is 0 Å². The lowest BCUT2D eigenvalue weighted by molar-refractivity contribution is -0.143. The van der Waals surface area contributed by atoms with Crippen molar-refractivity contribution in [1.82, 2.24) is 0 Å². The summed E-state index contributed by atoms with van der Waals surface area (Å²) in [6, 6.07) is 0.